The van der Waals surface area contributed by atoms with Crippen LogP contribution in [-0.4, -0.2) is 35.8 Å². The zero-order chi connectivity index (χ0) is 18.6. The number of aliphatic hydroxyl groups excluding tert-OH is 1. The first-order valence-corrected chi connectivity index (χ1v) is 8.83. The van der Waals surface area contributed by atoms with Crippen LogP contribution in [0.3, 0.4) is 0 Å². The summed E-state index contributed by atoms with van der Waals surface area (Å²) in [4.78, 5) is 24.7. The summed E-state index contributed by atoms with van der Waals surface area (Å²) in [5, 5.41) is 12.6. The third-order valence-corrected chi connectivity index (χ3v) is 5.15. The van der Waals surface area contributed by atoms with E-state index in [0.717, 1.165) is 25.7 Å². The maximum absolute atomic E-state index is 12.5. The third-order valence-electron chi connectivity index (χ3n) is 5.15. The number of ether oxygens (including phenoxy) is 1. The topological polar surface area (TPSA) is 80.6 Å². The first kappa shape index (κ1) is 18.2. The van der Waals surface area contributed by atoms with Crippen LogP contribution >= 0.6 is 0 Å². The number of methoxy groups -OCH3 is 1. The molecule has 1 heterocycles. The van der Waals surface area contributed by atoms with Gasteiger partial charge in [0.05, 0.1) is 19.3 Å². The van der Waals surface area contributed by atoms with Crippen molar-refractivity contribution in [3.05, 3.63) is 58.5 Å². The van der Waals surface area contributed by atoms with Crippen LogP contribution in [0.4, 0.5) is 0 Å². The molecule has 6 nitrogen and oxygen atoms in total. The Morgan fingerprint density at radius 2 is 1.88 bits per heavy atom. The molecule has 138 valence electrons. The molecule has 2 aromatic rings. The van der Waals surface area contributed by atoms with Crippen LogP contribution in [0.1, 0.15) is 36.0 Å². The summed E-state index contributed by atoms with van der Waals surface area (Å²) in [6.07, 6.45) is 5.56. The number of hydrogen-bond acceptors (Lipinski definition) is 4. The molecule has 1 amide bonds. The molecule has 0 bridgehead atoms. The van der Waals surface area contributed by atoms with E-state index in [1.54, 1.807) is 37.6 Å². The monoisotopic (exact) mass is 356 g/mol. The highest BCUT2D eigenvalue weighted by atomic mass is 16.5. The molecule has 0 atom stereocenters. The number of benzene rings is 1. The van der Waals surface area contributed by atoms with Gasteiger partial charge in [-0.15, -0.1) is 0 Å². The second kappa shape index (κ2) is 7.74. The molecular weight excluding hydrogens is 332 g/mol. The SMILES string of the molecule is COc1ccc(-n2cc(C(=O)NCC3(CO)CCCC3)ccc2=O)cc1. The van der Waals surface area contributed by atoms with Crippen molar-refractivity contribution < 1.29 is 14.6 Å². The summed E-state index contributed by atoms with van der Waals surface area (Å²) in [7, 11) is 1.58. The number of carbonyl (C=O) groups is 1. The quantitative estimate of drug-likeness (QED) is 0.831. The van der Waals surface area contributed by atoms with Crippen molar-refractivity contribution in [1.29, 1.82) is 0 Å². The highest BCUT2D eigenvalue weighted by Crippen LogP contribution is 2.36. The van der Waals surface area contributed by atoms with E-state index in [1.165, 1.54) is 16.7 Å². The maximum atomic E-state index is 12.5. The second-order valence-corrected chi connectivity index (χ2v) is 6.87. The smallest absolute Gasteiger partial charge is 0.255 e. The molecule has 1 aromatic carbocycles. The van der Waals surface area contributed by atoms with E-state index in [2.05, 4.69) is 5.32 Å². The van der Waals surface area contributed by atoms with E-state index in [4.69, 9.17) is 4.74 Å². The number of nitrogens with one attached hydrogen (secondary N) is 1. The van der Waals surface area contributed by atoms with Crippen LogP contribution in [0.2, 0.25) is 0 Å². The minimum absolute atomic E-state index is 0.0820. The molecular formula is C20H24N2O4. The van der Waals surface area contributed by atoms with Crippen molar-refractivity contribution in [2.24, 2.45) is 5.41 Å². The van der Waals surface area contributed by atoms with Crippen molar-refractivity contribution in [1.82, 2.24) is 9.88 Å². The van der Waals surface area contributed by atoms with Gasteiger partial charge in [0.1, 0.15) is 5.75 Å². The number of aromatic nitrogens is 1. The molecule has 0 saturated heterocycles. The maximum Gasteiger partial charge on any atom is 0.255 e. The Morgan fingerprint density at radius 1 is 1.19 bits per heavy atom. The summed E-state index contributed by atoms with van der Waals surface area (Å²) in [6.45, 7) is 0.530. The van der Waals surface area contributed by atoms with Gasteiger partial charge in [0, 0.05) is 29.9 Å². The molecule has 1 saturated carbocycles. The van der Waals surface area contributed by atoms with Gasteiger partial charge in [-0.25, -0.2) is 0 Å². The van der Waals surface area contributed by atoms with E-state index < -0.39 is 0 Å². The highest BCUT2D eigenvalue weighted by molar-refractivity contribution is 5.93. The lowest BCUT2D eigenvalue weighted by Crippen LogP contribution is -2.38. The highest BCUT2D eigenvalue weighted by Gasteiger charge is 2.33. The van der Waals surface area contributed by atoms with Crippen LogP contribution in [0.15, 0.2) is 47.4 Å². The van der Waals surface area contributed by atoms with Gasteiger partial charge in [0.2, 0.25) is 0 Å². The fourth-order valence-electron chi connectivity index (χ4n) is 3.45. The minimum atomic E-state index is -0.244. The molecule has 3 rings (SSSR count). The van der Waals surface area contributed by atoms with E-state index in [9.17, 15) is 14.7 Å². The van der Waals surface area contributed by atoms with Crippen LogP contribution in [0.25, 0.3) is 5.69 Å². The molecule has 2 N–H and O–H groups in total. The molecule has 6 heteroatoms. The largest absolute Gasteiger partial charge is 0.497 e. The van der Waals surface area contributed by atoms with Gasteiger partial charge in [-0.05, 0) is 43.2 Å². The first-order valence-electron chi connectivity index (χ1n) is 8.83. The van der Waals surface area contributed by atoms with Gasteiger partial charge < -0.3 is 15.2 Å². The standard InChI is InChI=1S/C20H24N2O4/c1-26-17-7-5-16(6-8-17)22-12-15(4-9-18(22)24)19(25)21-13-20(14-23)10-2-3-11-20/h4-9,12,23H,2-3,10-11,13-14H2,1H3,(H,21,25). The molecule has 0 spiro atoms. The number of amides is 1. The predicted molar refractivity (Wildman–Crippen MR) is 98.9 cm³/mol. The number of aliphatic hydroxyl groups is 1. The first-order chi connectivity index (χ1) is 12.6. The molecule has 0 aliphatic heterocycles. The minimum Gasteiger partial charge on any atom is -0.497 e. The van der Waals surface area contributed by atoms with Gasteiger partial charge in [-0.3, -0.25) is 14.2 Å². The van der Waals surface area contributed by atoms with E-state index >= 15 is 0 Å². The van der Waals surface area contributed by atoms with Gasteiger partial charge in [-0.1, -0.05) is 12.8 Å². The summed E-state index contributed by atoms with van der Waals surface area (Å²) < 4.78 is 6.56. The van der Waals surface area contributed by atoms with E-state index in [1.807, 2.05) is 0 Å². The van der Waals surface area contributed by atoms with Crippen LogP contribution in [0, 0.1) is 5.41 Å². The number of nitrogens with zero attached hydrogens (tertiary/aromatic N) is 1. The lowest BCUT2D eigenvalue weighted by molar-refractivity contribution is 0.0880. The van der Waals surface area contributed by atoms with Gasteiger partial charge in [-0.2, -0.15) is 0 Å². The molecule has 1 fully saturated rings. The van der Waals surface area contributed by atoms with Crippen LogP contribution in [-0.2, 0) is 0 Å². The zero-order valence-electron chi connectivity index (χ0n) is 14.9. The molecule has 1 aliphatic rings. The normalized spacial score (nSPS) is 15.6. The molecule has 1 aliphatic carbocycles. The summed E-state index contributed by atoms with van der Waals surface area (Å²) in [5.41, 5.74) is 0.647. The fraction of sp³-hybridized carbons (Fsp3) is 0.400. The number of hydrogen-bond donors (Lipinski definition) is 2. The van der Waals surface area contributed by atoms with Crippen LogP contribution in [0.5, 0.6) is 5.75 Å². The Balaban J connectivity index is 1.77. The fourth-order valence-corrected chi connectivity index (χ4v) is 3.45. The van der Waals surface area contributed by atoms with Crippen molar-refractivity contribution in [2.75, 3.05) is 20.3 Å². The van der Waals surface area contributed by atoms with Crippen molar-refractivity contribution >= 4 is 5.91 Å². The lowest BCUT2D eigenvalue weighted by atomic mass is 9.87. The lowest BCUT2D eigenvalue weighted by Gasteiger charge is -2.26. The van der Waals surface area contributed by atoms with Crippen LogP contribution < -0.4 is 15.6 Å². The number of carbonyl (C=O) groups excluding carboxylic acids is 1. The number of rotatable bonds is 6. The second-order valence-electron chi connectivity index (χ2n) is 6.87. The molecule has 26 heavy (non-hydrogen) atoms. The van der Waals surface area contributed by atoms with E-state index in [0.29, 0.717) is 23.5 Å². The zero-order valence-corrected chi connectivity index (χ0v) is 14.9. The van der Waals surface area contributed by atoms with Gasteiger partial charge in [0.25, 0.3) is 11.5 Å². The Kier molecular flexibility index (Phi) is 5.42. The van der Waals surface area contributed by atoms with E-state index in [-0.39, 0.29) is 23.5 Å². The van der Waals surface area contributed by atoms with Crippen molar-refractivity contribution in [3.63, 3.8) is 0 Å². The summed E-state index contributed by atoms with van der Waals surface area (Å²) in [6, 6.07) is 9.97. The Morgan fingerprint density at radius 3 is 2.50 bits per heavy atom. The molecule has 0 unspecified atom stereocenters. The molecule has 1 aromatic heterocycles. The Bertz CT molecular complexity index is 820. The molecule has 0 radical (unpaired) electrons. The van der Waals surface area contributed by atoms with Gasteiger partial charge in [0.15, 0.2) is 0 Å². The Hall–Kier alpha value is -2.60. The average molecular weight is 356 g/mol. The Labute approximate surface area is 152 Å². The van der Waals surface area contributed by atoms with Crippen molar-refractivity contribution in [3.8, 4) is 11.4 Å². The van der Waals surface area contributed by atoms with Gasteiger partial charge >= 0.3 is 0 Å². The third kappa shape index (κ3) is 3.80. The number of pyridine rings is 1. The predicted octanol–water partition coefficient (Wildman–Crippen LogP) is 2.13. The summed E-state index contributed by atoms with van der Waals surface area (Å²) in [5.74, 6) is 0.452. The average Bonchev–Trinajstić information content (AvgIpc) is 3.16. The van der Waals surface area contributed by atoms with Crippen molar-refractivity contribution in [2.45, 2.75) is 25.7 Å². The summed E-state index contributed by atoms with van der Waals surface area (Å²) >= 11 is 0.